The highest BCUT2D eigenvalue weighted by Crippen LogP contribution is 2.17. The van der Waals surface area contributed by atoms with Crippen LogP contribution in [-0.4, -0.2) is 27.0 Å². The predicted octanol–water partition coefficient (Wildman–Crippen LogP) is 0.683. The number of oxime groups is 1. The van der Waals surface area contributed by atoms with Gasteiger partial charge >= 0.3 is 0 Å². The van der Waals surface area contributed by atoms with Crippen LogP contribution in [0.5, 0.6) is 0 Å². The van der Waals surface area contributed by atoms with Gasteiger partial charge in [0.1, 0.15) is 5.03 Å². The van der Waals surface area contributed by atoms with Gasteiger partial charge in [0.15, 0.2) is 5.84 Å². The van der Waals surface area contributed by atoms with Crippen LogP contribution in [-0.2, 0) is 0 Å². The van der Waals surface area contributed by atoms with Crippen LogP contribution in [0.25, 0.3) is 0 Å². The van der Waals surface area contributed by atoms with Crippen molar-refractivity contribution in [2.75, 3.05) is 5.75 Å². The predicted molar refractivity (Wildman–Crippen MR) is 50.9 cm³/mol. The van der Waals surface area contributed by atoms with E-state index in [4.69, 9.17) is 10.9 Å². The van der Waals surface area contributed by atoms with E-state index in [0.717, 1.165) is 5.75 Å². The minimum Gasteiger partial charge on any atom is -0.409 e. The lowest BCUT2D eigenvalue weighted by molar-refractivity contribution is 0.318. The van der Waals surface area contributed by atoms with Crippen molar-refractivity contribution < 1.29 is 5.21 Å². The van der Waals surface area contributed by atoms with Gasteiger partial charge in [-0.2, -0.15) is 5.10 Å². The zero-order valence-electron chi connectivity index (χ0n) is 7.14. The summed E-state index contributed by atoms with van der Waals surface area (Å²) in [7, 11) is 0. The number of hydrogen-bond donors (Lipinski definition) is 2. The highest BCUT2D eigenvalue weighted by molar-refractivity contribution is 7.99. The fraction of sp³-hybridized carbons (Fsp3) is 0.286. The van der Waals surface area contributed by atoms with Crippen molar-refractivity contribution in [1.82, 2.24) is 10.2 Å². The highest BCUT2D eigenvalue weighted by atomic mass is 32.2. The number of nitrogens with two attached hydrogens (primary N) is 1. The lowest BCUT2D eigenvalue weighted by Crippen LogP contribution is -2.15. The quantitative estimate of drug-likeness (QED) is 0.245. The summed E-state index contributed by atoms with van der Waals surface area (Å²) in [5, 5.41) is 19.7. The highest BCUT2D eigenvalue weighted by Gasteiger charge is 2.07. The van der Waals surface area contributed by atoms with Crippen molar-refractivity contribution in [3.05, 3.63) is 17.8 Å². The lowest BCUT2D eigenvalue weighted by atomic mass is 10.3. The Bertz CT molecular complexity index is 315. The molecule has 13 heavy (non-hydrogen) atoms. The van der Waals surface area contributed by atoms with Gasteiger partial charge in [0.05, 0.1) is 11.8 Å². The van der Waals surface area contributed by atoms with Crippen LogP contribution >= 0.6 is 11.8 Å². The molecular weight excluding hydrogens is 188 g/mol. The van der Waals surface area contributed by atoms with Crippen molar-refractivity contribution in [2.45, 2.75) is 11.9 Å². The number of rotatable bonds is 3. The molecule has 5 nitrogen and oxygen atoms in total. The maximum atomic E-state index is 8.49. The molecule has 0 atom stereocenters. The number of hydrogen-bond acceptors (Lipinski definition) is 5. The van der Waals surface area contributed by atoms with Crippen LogP contribution in [0.15, 0.2) is 22.4 Å². The number of aromatic nitrogens is 2. The molecule has 0 aromatic carbocycles. The van der Waals surface area contributed by atoms with Gasteiger partial charge in [-0.15, -0.1) is 16.9 Å². The third-order valence-electron chi connectivity index (χ3n) is 1.35. The molecule has 3 N–H and O–H groups in total. The van der Waals surface area contributed by atoms with Gasteiger partial charge in [-0.05, 0) is 11.8 Å². The van der Waals surface area contributed by atoms with Crippen LogP contribution in [0.2, 0.25) is 0 Å². The first-order valence-corrected chi connectivity index (χ1v) is 4.70. The molecule has 0 amide bonds. The summed E-state index contributed by atoms with van der Waals surface area (Å²) in [6.07, 6.45) is 1.51. The Hall–Kier alpha value is -1.30. The number of amidine groups is 1. The van der Waals surface area contributed by atoms with Gasteiger partial charge in [-0.25, -0.2) is 0 Å². The van der Waals surface area contributed by atoms with Gasteiger partial charge in [-0.3, -0.25) is 0 Å². The second-order valence-corrected chi connectivity index (χ2v) is 3.42. The molecule has 70 valence electrons. The third-order valence-corrected chi connectivity index (χ3v) is 2.22. The van der Waals surface area contributed by atoms with Crippen molar-refractivity contribution in [1.29, 1.82) is 0 Å². The Balaban J connectivity index is 3.04. The van der Waals surface area contributed by atoms with Crippen LogP contribution < -0.4 is 5.73 Å². The molecule has 0 fully saturated rings. The summed E-state index contributed by atoms with van der Waals surface area (Å²) >= 11 is 1.50. The second-order valence-electron chi connectivity index (χ2n) is 2.17. The largest absolute Gasteiger partial charge is 0.409 e. The summed E-state index contributed by atoms with van der Waals surface area (Å²) in [5.74, 6) is 0.926. The summed E-state index contributed by atoms with van der Waals surface area (Å²) < 4.78 is 0. The Morgan fingerprint density at radius 3 is 3.15 bits per heavy atom. The van der Waals surface area contributed by atoms with Gasteiger partial charge in [0.2, 0.25) is 0 Å². The zero-order chi connectivity index (χ0) is 9.68. The molecule has 0 spiro atoms. The average Bonchev–Trinajstić information content (AvgIpc) is 2.18. The molecule has 0 aliphatic carbocycles. The van der Waals surface area contributed by atoms with E-state index in [1.54, 1.807) is 6.07 Å². The monoisotopic (exact) mass is 198 g/mol. The van der Waals surface area contributed by atoms with Crippen LogP contribution in [0.1, 0.15) is 12.5 Å². The van der Waals surface area contributed by atoms with E-state index in [2.05, 4.69) is 15.4 Å². The third kappa shape index (κ3) is 2.32. The van der Waals surface area contributed by atoms with Gasteiger partial charge < -0.3 is 10.9 Å². The standard InChI is InChI=1S/C7H10N4OS/c1-2-13-7-5(6(8)11-12)3-4-9-10-7/h3-4,12H,2H2,1H3,(H2,8,11). The minimum absolute atomic E-state index is 0.0610. The molecule has 1 aromatic rings. The van der Waals surface area contributed by atoms with Gasteiger partial charge in [0.25, 0.3) is 0 Å². The molecule has 0 aliphatic rings. The smallest absolute Gasteiger partial charge is 0.172 e. The van der Waals surface area contributed by atoms with Crippen molar-refractivity contribution in [2.24, 2.45) is 10.9 Å². The van der Waals surface area contributed by atoms with Crippen molar-refractivity contribution in [3.8, 4) is 0 Å². The van der Waals surface area contributed by atoms with Gasteiger partial charge in [-0.1, -0.05) is 12.1 Å². The Morgan fingerprint density at radius 2 is 2.54 bits per heavy atom. The molecule has 0 saturated heterocycles. The molecule has 0 saturated carbocycles. The van der Waals surface area contributed by atoms with Crippen molar-refractivity contribution >= 4 is 17.6 Å². The molecule has 0 aliphatic heterocycles. The fourth-order valence-corrected chi connectivity index (χ4v) is 1.52. The normalized spacial score (nSPS) is 11.6. The molecule has 0 radical (unpaired) electrons. The SMILES string of the molecule is CCSc1nnccc1/C(N)=N/O. The first kappa shape index (κ1) is 9.79. The van der Waals surface area contributed by atoms with Crippen molar-refractivity contribution in [3.63, 3.8) is 0 Å². The summed E-state index contributed by atoms with van der Waals surface area (Å²) in [4.78, 5) is 0. The van der Waals surface area contributed by atoms with E-state index >= 15 is 0 Å². The molecule has 1 aromatic heterocycles. The maximum absolute atomic E-state index is 8.49. The molecular formula is C7H10N4OS. The summed E-state index contributed by atoms with van der Waals surface area (Å²) in [5.41, 5.74) is 6.06. The minimum atomic E-state index is 0.0610. The molecule has 0 bridgehead atoms. The summed E-state index contributed by atoms with van der Waals surface area (Å²) in [6, 6.07) is 1.67. The first-order chi connectivity index (χ1) is 6.29. The maximum Gasteiger partial charge on any atom is 0.172 e. The van der Waals surface area contributed by atoms with Crippen LogP contribution in [0.4, 0.5) is 0 Å². The number of nitrogens with zero attached hydrogens (tertiary/aromatic N) is 3. The molecule has 6 heteroatoms. The average molecular weight is 198 g/mol. The van der Waals surface area contributed by atoms with E-state index in [1.165, 1.54) is 18.0 Å². The van der Waals surface area contributed by atoms with Gasteiger partial charge in [0, 0.05) is 0 Å². The Kier molecular flexibility index (Phi) is 3.51. The van der Waals surface area contributed by atoms with Crippen LogP contribution in [0.3, 0.4) is 0 Å². The van der Waals surface area contributed by atoms with E-state index < -0.39 is 0 Å². The van der Waals surface area contributed by atoms with E-state index in [0.29, 0.717) is 10.6 Å². The van der Waals surface area contributed by atoms with E-state index in [9.17, 15) is 0 Å². The van der Waals surface area contributed by atoms with E-state index in [1.807, 2.05) is 6.92 Å². The summed E-state index contributed by atoms with van der Waals surface area (Å²) in [6.45, 7) is 2.00. The van der Waals surface area contributed by atoms with E-state index in [-0.39, 0.29) is 5.84 Å². The zero-order valence-corrected chi connectivity index (χ0v) is 7.95. The molecule has 0 unspecified atom stereocenters. The Morgan fingerprint density at radius 1 is 1.77 bits per heavy atom. The topological polar surface area (TPSA) is 84.4 Å². The fourth-order valence-electron chi connectivity index (χ4n) is 0.811. The second kappa shape index (κ2) is 4.66. The number of thioether (sulfide) groups is 1. The molecule has 1 rings (SSSR count). The Labute approximate surface area is 80.0 Å². The van der Waals surface area contributed by atoms with Crippen LogP contribution in [0, 0.1) is 0 Å². The first-order valence-electron chi connectivity index (χ1n) is 3.72. The lowest BCUT2D eigenvalue weighted by Gasteiger charge is -2.02. The molecule has 1 heterocycles.